The third-order valence-electron chi connectivity index (χ3n) is 4.95. The quantitative estimate of drug-likeness (QED) is 0.560. The predicted molar refractivity (Wildman–Crippen MR) is 114 cm³/mol. The van der Waals surface area contributed by atoms with Gasteiger partial charge in [-0.05, 0) is 32.9 Å². The predicted octanol–water partition coefficient (Wildman–Crippen LogP) is 4.58. The summed E-state index contributed by atoms with van der Waals surface area (Å²) in [5, 5.41) is 12.5. The number of halogens is 2. The molecule has 1 saturated heterocycles. The molecule has 1 fully saturated rings. The Bertz CT molecular complexity index is 805. The van der Waals surface area contributed by atoms with Gasteiger partial charge in [0, 0.05) is 50.6 Å². The van der Waals surface area contributed by atoms with Gasteiger partial charge < -0.3 is 10.2 Å². The summed E-state index contributed by atoms with van der Waals surface area (Å²) in [5.41, 5.74) is 0.714. The van der Waals surface area contributed by atoms with Gasteiger partial charge in [-0.2, -0.15) is 5.26 Å². The zero-order valence-corrected chi connectivity index (χ0v) is 17.5. The van der Waals surface area contributed by atoms with E-state index in [-0.39, 0.29) is 5.56 Å². The van der Waals surface area contributed by atoms with Crippen molar-refractivity contribution in [1.82, 2.24) is 9.80 Å². The first-order valence-corrected chi connectivity index (χ1v) is 9.63. The molecule has 0 bridgehead atoms. The summed E-state index contributed by atoms with van der Waals surface area (Å²) in [6.45, 7) is 13.6. The highest BCUT2D eigenvalue weighted by molar-refractivity contribution is 6.00. The van der Waals surface area contributed by atoms with Gasteiger partial charge in [-0.15, -0.1) is 0 Å². The van der Waals surface area contributed by atoms with Gasteiger partial charge in [-0.3, -0.25) is 4.90 Å². The SMILES string of the molecule is C=C(Nc1ccc(C(C)(F)F)cc1)/C(=N\C=C/C)N1CCN(C(C)(C)C#N)CC1. The summed E-state index contributed by atoms with van der Waals surface area (Å²) in [7, 11) is 0. The highest BCUT2D eigenvalue weighted by Gasteiger charge is 2.31. The molecule has 2 rings (SSSR count). The Balaban J connectivity index is 2.11. The fourth-order valence-corrected chi connectivity index (χ4v) is 3.12. The van der Waals surface area contributed by atoms with Crippen molar-refractivity contribution in [1.29, 1.82) is 5.26 Å². The molecule has 0 amide bonds. The number of piperazine rings is 1. The number of nitriles is 1. The van der Waals surface area contributed by atoms with E-state index >= 15 is 0 Å². The number of nitrogens with zero attached hydrogens (tertiary/aromatic N) is 4. The third kappa shape index (κ3) is 5.88. The Morgan fingerprint density at radius 3 is 2.24 bits per heavy atom. The molecule has 0 spiro atoms. The molecule has 1 heterocycles. The lowest BCUT2D eigenvalue weighted by Crippen LogP contribution is -2.55. The fraction of sp³-hybridized carbons (Fsp3) is 0.455. The number of allylic oxidation sites excluding steroid dienone is 1. The summed E-state index contributed by atoms with van der Waals surface area (Å²) in [6, 6.07) is 8.37. The van der Waals surface area contributed by atoms with Gasteiger partial charge >= 0.3 is 0 Å². The number of rotatable bonds is 6. The molecule has 0 saturated carbocycles. The average Bonchev–Trinajstić information content (AvgIpc) is 2.68. The molecule has 29 heavy (non-hydrogen) atoms. The maximum atomic E-state index is 13.4. The average molecular weight is 402 g/mol. The van der Waals surface area contributed by atoms with E-state index in [1.807, 2.05) is 26.8 Å². The highest BCUT2D eigenvalue weighted by atomic mass is 19.3. The molecule has 1 aromatic carbocycles. The second-order valence-corrected chi connectivity index (χ2v) is 7.65. The van der Waals surface area contributed by atoms with Crippen molar-refractivity contribution in [2.24, 2.45) is 4.99 Å². The molecular weight excluding hydrogens is 372 g/mol. The largest absolute Gasteiger partial charge is 0.353 e. The molecule has 1 aromatic rings. The summed E-state index contributed by atoms with van der Waals surface area (Å²) in [5.74, 6) is -2.17. The van der Waals surface area contributed by atoms with Gasteiger partial charge in [0.1, 0.15) is 5.54 Å². The molecule has 1 aliphatic rings. The zero-order chi connectivity index (χ0) is 21.7. The lowest BCUT2D eigenvalue weighted by atomic mass is 10.0. The van der Waals surface area contributed by atoms with Crippen LogP contribution >= 0.6 is 0 Å². The van der Waals surface area contributed by atoms with Crippen molar-refractivity contribution >= 4 is 11.5 Å². The van der Waals surface area contributed by atoms with Gasteiger partial charge in [-0.25, -0.2) is 13.8 Å². The molecule has 156 valence electrons. The standard InChI is InChI=1S/C22H29F2N5/c1-6-11-26-20(28-12-14-29(15-13-28)21(3,4)16-25)17(2)27-19-9-7-18(8-10-19)22(5,23)24/h6-11,27H,2,12-15H2,1,3-5H3/b11-6-,26-20+. The molecule has 7 heteroatoms. The van der Waals surface area contributed by atoms with E-state index in [4.69, 9.17) is 0 Å². The molecule has 0 radical (unpaired) electrons. The van der Waals surface area contributed by atoms with Gasteiger partial charge in [0.05, 0.1) is 11.8 Å². The number of alkyl halides is 2. The Labute approximate surface area is 172 Å². The van der Waals surface area contributed by atoms with Crippen molar-refractivity contribution in [3.63, 3.8) is 0 Å². The molecule has 0 unspecified atom stereocenters. The van der Waals surface area contributed by atoms with Crippen LogP contribution in [0, 0.1) is 11.3 Å². The minimum atomic E-state index is -2.87. The van der Waals surface area contributed by atoms with Crippen molar-refractivity contribution in [3.8, 4) is 6.07 Å². The maximum Gasteiger partial charge on any atom is 0.270 e. The monoisotopic (exact) mass is 401 g/mol. The fourth-order valence-electron chi connectivity index (χ4n) is 3.12. The number of hydrogen-bond acceptors (Lipinski definition) is 4. The number of amidine groups is 1. The molecular formula is C22H29F2N5. The third-order valence-corrected chi connectivity index (χ3v) is 4.95. The van der Waals surface area contributed by atoms with Crippen LogP contribution in [0.15, 0.2) is 53.8 Å². The Morgan fingerprint density at radius 2 is 1.76 bits per heavy atom. The van der Waals surface area contributed by atoms with Gasteiger partial charge in [0.2, 0.25) is 0 Å². The van der Waals surface area contributed by atoms with Crippen LogP contribution in [0.25, 0.3) is 0 Å². The Kier molecular flexibility index (Phi) is 7.15. The molecule has 1 aliphatic heterocycles. The lowest BCUT2D eigenvalue weighted by molar-refractivity contribution is 0.0175. The molecule has 5 nitrogen and oxygen atoms in total. The first-order chi connectivity index (χ1) is 13.6. The second kappa shape index (κ2) is 9.19. The van der Waals surface area contributed by atoms with E-state index < -0.39 is 11.5 Å². The van der Waals surface area contributed by atoms with Crippen LogP contribution in [-0.2, 0) is 5.92 Å². The van der Waals surface area contributed by atoms with E-state index in [2.05, 4.69) is 32.8 Å². The number of aliphatic imine (C=N–C) groups is 1. The first kappa shape index (κ1) is 22.6. The molecule has 0 aliphatic carbocycles. The Hall–Kier alpha value is -2.72. The lowest BCUT2D eigenvalue weighted by Gasteiger charge is -2.41. The van der Waals surface area contributed by atoms with Crippen LogP contribution in [0.2, 0.25) is 0 Å². The van der Waals surface area contributed by atoms with Gasteiger partial charge in [0.25, 0.3) is 5.92 Å². The number of hydrogen-bond donors (Lipinski definition) is 1. The minimum absolute atomic E-state index is 0.0345. The summed E-state index contributed by atoms with van der Waals surface area (Å²) >= 11 is 0. The van der Waals surface area contributed by atoms with E-state index in [0.29, 0.717) is 30.3 Å². The van der Waals surface area contributed by atoms with Crippen LogP contribution in [0.3, 0.4) is 0 Å². The van der Waals surface area contributed by atoms with E-state index in [1.165, 1.54) is 12.1 Å². The summed E-state index contributed by atoms with van der Waals surface area (Å²) in [6.07, 6.45) is 3.54. The molecule has 0 aromatic heterocycles. The highest BCUT2D eigenvalue weighted by Crippen LogP contribution is 2.28. The molecule has 1 N–H and O–H groups in total. The van der Waals surface area contributed by atoms with Gasteiger partial charge in [0.15, 0.2) is 5.84 Å². The van der Waals surface area contributed by atoms with Crippen LogP contribution in [0.4, 0.5) is 14.5 Å². The van der Waals surface area contributed by atoms with E-state index in [1.54, 1.807) is 18.3 Å². The summed E-state index contributed by atoms with van der Waals surface area (Å²) < 4.78 is 26.8. The first-order valence-electron chi connectivity index (χ1n) is 9.63. The smallest absolute Gasteiger partial charge is 0.270 e. The number of benzene rings is 1. The topological polar surface area (TPSA) is 54.7 Å². The minimum Gasteiger partial charge on any atom is -0.353 e. The maximum absolute atomic E-state index is 13.4. The number of anilines is 1. The number of nitrogens with one attached hydrogen (secondary N) is 1. The van der Waals surface area contributed by atoms with Gasteiger partial charge in [-0.1, -0.05) is 24.8 Å². The second-order valence-electron chi connectivity index (χ2n) is 7.65. The van der Waals surface area contributed by atoms with Crippen LogP contribution in [0.5, 0.6) is 0 Å². The van der Waals surface area contributed by atoms with E-state index in [0.717, 1.165) is 20.0 Å². The summed E-state index contributed by atoms with van der Waals surface area (Å²) in [4.78, 5) is 8.79. The van der Waals surface area contributed by atoms with E-state index in [9.17, 15) is 14.0 Å². The van der Waals surface area contributed by atoms with Crippen molar-refractivity contribution in [2.75, 3.05) is 31.5 Å². The normalized spacial score (nSPS) is 16.7. The van der Waals surface area contributed by atoms with Crippen molar-refractivity contribution < 1.29 is 8.78 Å². The van der Waals surface area contributed by atoms with Crippen molar-refractivity contribution in [3.05, 3.63) is 54.4 Å². The Morgan fingerprint density at radius 1 is 1.17 bits per heavy atom. The molecule has 0 atom stereocenters. The zero-order valence-electron chi connectivity index (χ0n) is 17.5. The van der Waals surface area contributed by atoms with Crippen LogP contribution in [0.1, 0.15) is 33.3 Å². The van der Waals surface area contributed by atoms with Crippen LogP contribution in [-0.4, -0.2) is 47.4 Å². The van der Waals surface area contributed by atoms with Crippen molar-refractivity contribution in [2.45, 2.75) is 39.2 Å². The van der Waals surface area contributed by atoms with Crippen LogP contribution < -0.4 is 5.32 Å².